The van der Waals surface area contributed by atoms with Gasteiger partial charge in [-0.1, -0.05) is 19.3 Å². The number of rotatable bonds is 4. The van der Waals surface area contributed by atoms with Gasteiger partial charge in [-0.3, -0.25) is 9.69 Å². The highest BCUT2D eigenvalue weighted by Crippen LogP contribution is 2.34. The van der Waals surface area contributed by atoms with Crippen LogP contribution in [-0.4, -0.2) is 29.4 Å². The van der Waals surface area contributed by atoms with E-state index >= 15 is 0 Å². The molecule has 2 saturated carbocycles. The summed E-state index contributed by atoms with van der Waals surface area (Å²) >= 11 is 0. The number of nitriles is 1. The maximum absolute atomic E-state index is 11.2. The molecule has 4 heteroatoms. The van der Waals surface area contributed by atoms with E-state index in [0.29, 0.717) is 12.6 Å². The Bertz CT molecular complexity index is 317. The molecule has 0 bridgehead atoms. The van der Waals surface area contributed by atoms with Crippen molar-refractivity contribution in [3.05, 3.63) is 0 Å². The van der Waals surface area contributed by atoms with Crippen molar-refractivity contribution in [1.82, 2.24) is 4.90 Å². The summed E-state index contributed by atoms with van der Waals surface area (Å²) in [5.41, 5.74) is 5.35. The quantitative estimate of drug-likeness (QED) is 0.801. The summed E-state index contributed by atoms with van der Waals surface area (Å²) in [6.45, 7) is 0.327. The van der Waals surface area contributed by atoms with Crippen LogP contribution in [0.2, 0.25) is 0 Å². The largest absolute Gasteiger partial charge is 0.369 e. The Hall–Kier alpha value is -1.08. The number of hydrogen-bond acceptors (Lipinski definition) is 3. The van der Waals surface area contributed by atoms with E-state index in [0.717, 1.165) is 32.1 Å². The predicted octanol–water partition coefficient (Wildman–Crippen LogP) is 1.41. The number of nitrogens with two attached hydrogens (primary N) is 1. The number of nitrogens with zero attached hydrogens (tertiary/aromatic N) is 2. The molecule has 0 aromatic heterocycles. The minimum Gasteiger partial charge on any atom is -0.369 e. The monoisotopic (exact) mass is 235 g/mol. The Morgan fingerprint density at radius 1 is 1.24 bits per heavy atom. The van der Waals surface area contributed by atoms with Gasteiger partial charge in [0.15, 0.2) is 0 Å². The minimum absolute atomic E-state index is 0.0925. The van der Waals surface area contributed by atoms with E-state index in [9.17, 15) is 4.79 Å². The fourth-order valence-corrected chi connectivity index (χ4v) is 3.42. The number of amides is 1. The van der Waals surface area contributed by atoms with Crippen molar-refractivity contribution in [3.8, 4) is 6.07 Å². The summed E-state index contributed by atoms with van der Waals surface area (Å²) in [5.74, 6) is -0.171. The first kappa shape index (κ1) is 12.4. The van der Waals surface area contributed by atoms with Crippen molar-refractivity contribution >= 4 is 5.91 Å². The first-order valence-electron chi connectivity index (χ1n) is 6.66. The predicted molar refractivity (Wildman–Crippen MR) is 64.9 cm³/mol. The van der Waals surface area contributed by atoms with Crippen LogP contribution in [0.3, 0.4) is 0 Å². The SMILES string of the molecule is N#CC1CCCC1N(CC(N)=O)C1CCCC1. The third-order valence-corrected chi connectivity index (χ3v) is 4.20. The molecule has 0 aliphatic heterocycles. The topological polar surface area (TPSA) is 70.1 Å². The normalized spacial score (nSPS) is 29.6. The van der Waals surface area contributed by atoms with E-state index < -0.39 is 0 Å². The van der Waals surface area contributed by atoms with Crippen LogP contribution in [0.4, 0.5) is 0 Å². The van der Waals surface area contributed by atoms with Gasteiger partial charge in [0.1, 0.15) is 0 Å². The van der Waals surface area contributed by atoms with E-state index in [1.54, 1.807) is 0 Å². The number of hydrogen-bond donors (Lipinski definition) is 1. The lowest BCUT2D eigenvalue weighted by atomic mass is 10.0. The van der Waals surface area contributed by atoms with Gasteiger partial charge in [0.05, 0.1) is 18.5 Å². The Morgan fingerprint density at radius 3 is 2.53 bits per heavy atom. The molecule has 2 unspecified atom stereocenters. The van der Waals surface area contributed by atoms with Crippen LogP contribution in [0.25, 0.3) is 0 Å². The van der Waals surface area contributed by atoms with Gasteiger partial charge in [-0.05, 0) is 25.7 Å². The summed E-state index contributed by atoms with van der Waals surface area (Å²) in [6.07, 6.45) is 7.91. The number of carbonyl (C=O) groups excluding carboxylic acids is 1. The van der Waals surface area contributed by atoms with Gasteiger partial charge in [-0.2, -0.15) is 5.26 Å². The second-order valence-electron chi connectivity index (χ2n) is 5.31. The third kappa shape index (κ3) is 2.78. The van der Waals surface area contributed by atoms with Crippen LogP contribution in [0.1, 0.15) is 44.9 Å². The molecule has 0 heterocycles. The van der Waals surface area contributed by atoms with Crippen molar-refractivity contribution in [1.29, 1.82) is 5.26 Å². The van der Waals surface area contributed by atoms with Crippen LogP contribution in [0.15, 0.2) is 0 Å². The van der Waals surface area contributed by atoms with Crippen molar-refractivity contribution in [3.63, 3.8) is 0 Å². The standard InChI is InChI=1S/C13H21N3O/c14-8-10-4-3-7-12(10)16(9-13(15)17)11-5-1-2-6-11/h10-12H,1-7,9H2,(H2,15,17). The molecule has 2 aliphatic carbocycles. The lowest BCUT2D eigenvalue weighted by molar-refractivity contribution is -0.120. The average molecular weight is 235 g/mol. The van der Waals surface area contributed by atoms with Crippen molar-refractivity contribution < 1.29 is 4.79 Å². The van der Waals surface area contributed by atoms with Crippen LogP contribution in [0.5, 0.6) is 0 Å². The summed E-state index contributed by atoms with van der Waals surface area (Å²) < 4.78 is 0. The van der Waals surface area contributed by atoms with Gasteiger partial charge in [-0.15, -0.1) is 0 Å². The number of primary amides is 1. The summed E-state index contributed by atoms with van der Waals surface area (Å²) in [7, 11) is 0. The summed E-state index contributed by atoms with van der Waals surface area (Å²) in [5, 5.41) is 9.17. The van der Waals surface area contributed by atoms with E-state index in [1.807, 2.05) is 0 Å². The second-order valence-corrected chi connectivity index (χ2v) is 5.31. The third-order valence-electron chi connectivity index (χ3n) is 4.20. The van der Waals surface area contributed by atoms with Gasteiger partial charge in [0, 0.05) is 12.1 Å². The molecular formula is C13H21N3O. The molecule has 4 nitrogen and oxygen atoms in total. The average Bonchev–Trinajstić information content (AvgIpc) is 2.96. The van der Waals surface area contributed by atoms with Gasteiger partial charge in [0.25, 0.3) is 0 Å². The van der Waals surface area contributed by atoms with Crippen molar-refractivity contribution in [2.45, 2.75) is 57.0 Å². The first-order chi connectivity index (χ1) is 8.22. The van der Waals surface area contributed by atoms with Crippen LogP contribution in [-0.2, 0) is 4.79 Å². The van der Waals surface area contributed by atoms with Gasteiger partial charge < -0.3 is 5.73 Å². The fraction of sp³-hybridized carbons (Fsp3) is 0.846. The molecule has 2 atom stereocenters. The molecule has 0 spiro atoms. The highest BCUT2D eigenvalue weighted by atomic mass is 16.1. The molecule has 2 aliphatic rings. The highest BCUT2D eigenvalue weighted by Gasteiger charge is 2.37. The Morgan fingerprint density at radius 2 is 1.94 bits per heavy atom. The van der Waals surface area contributed by atoms with Crippen LogP contribution >= 0.6 is 0 Å². The zero-order valence-electron chi connectivity index (χ0n) is 10.3. The highest BCUT2D eigenvalue weighted by molar-refractivity contribution is 5.76. The van der Waals surface area contributed by atoms with E-state index in [1.165, 1.54) is 12.8 Å². The minimum atomic E-state index is -0.263. The molecule has 0 radical (unpaired) electrons. The van der Waals surface area contributed by atoms with E-state index in [4.69, 9.17) is 11.0 Å². The number of carbonyl (C=O) groups is 1. The molecule has 2 N–H and O–H groups in total. The molecule has 94 valence electrons. The molecular weight excluding hydrogens is 214 g/mol. The van der Waals surface area contributed by atoms with Gasteiger partial charge in [0.2, 0.25) is 5.91 Å². The second kappa shape index (κ2) is 5.50. The molecule has 0 aromatic rings. The zero-order chi connectivity index (χ0) is 12.3. The van der Waals surface area contributed by atoms with Crippen LogP contribution in [0, 0.1) is 17.2 Å². The molecule has 2 rings (SSSR count). The summed E-state index contributed by atoms with van der Waals surface area (Å²) in [4.78, 5) is 13.4. The Kier molecular flexibility index (Phi) is 4.01. The van der Waals surface area contributed by atoms with E-state index in [2.05, 4.69) is 11.0 Å². The molecule has 2 fully saturated rings. The first-order valence-corrected chi connectivity index (χ1v) is 6.66. The van der Waals surface area contributed by atoms with E-state index in [-0.39, 0.29) is 17.9 Å². The molecule has 17 heavy (non-hydrogen) atoms. The maximum atomic E-state index is 11.2. The zero-order valence-corrected chi connectivity index (χ0v) is 10.3. The summed E-state index contributed by atoms with van der Waals surface area (Å²) in [6, 6.07) is 3.13. The van der Waals surface area contributed by atoms with Crippen molar-refractivity contribution in [2.24, 2.45) is 11.7 Å². The molecule has 0 saturated heterocycles. The van der Waals surface area contributed by atoms with Crippen LogP contribution < -0.4 is 5.73 Å². The fourth-order valence-electron chi connectivity index (χ4n) is 3.42. The lowest BCUT2D eigenvalue weighted by Gasteiger charge is -2.34. The Labute approximate surface area is 103 Å². The lowest BCUT2D eigenvalue weighted by Crippen LogP contribution is -2.47. The Balaban J connectivity index is 2.08. The maximum Gasteiger partial charge on any atom is 0.231 e. The smallest absolute Gasteiger partial charge is 0.231 e. The molecule has 1 amide bonds. The molecule has 0 aromatic carbocycles. The van der Waals surface area contributed by atoms with Gasteiger partial charge in [-0.25, -0.2) is 0 Å². The van der Waals surface area contributed by atoms with Gasteiger partial charge >= 0.3 is 0 Å². The van der Waals surface area contributed by atoms with Crippen molar-refractivity contribution in [2.75, 3.05) is 6.54 Å².